The average Bonchev–Trinajstić information content (AvgIpc) is 2.67. The molecule has 8 heteroatoms. The highest BCUT2D eigenvalue weighted by atomic mass is 32.2. The number of rotatable bonds is 6. The number of aromatic nitrogens is 1. The molecule has 6 nitrogen and oxygen atoms in total. The van der Waals surface area contributed by atoms with Crippen molar-refractivity contribution in [1.82, 2.24) is 9.29 Å². The van der Waals surface area contributed by atoms with Gasteiger partial charge in [-0.05, 0) is 23.6 Å². The van der Waals surface area contributed by atoms with Gasteiger partial charge in [-0.3, -0.25) is 4.79 Å². The summed E-state index contributed by atoms with van der Waals surface area (Å²) in [5.41, 5.74) is 0.763. The van der Waals surface area contributed by atoms with E-state index in [-0.39, 0.29) is 16.6 Å². The topological polar surface area (TPSA) is 79.4 Å². The normalized spacial score (nSPS) is 11.7. The van der Waals surface area contributed by atoms with Gasteiger partial charge in [-0.2, -0.15) is 0 Å². The molecule has 0 saturated heterocycles. The van der Waals surface area contributed by atoms with Gasteiger partial charge >= 0.3 is 0 Å². The fourth-order valence-electron chi connectivity index (χ4n) is 2.48. The molecule has 1 amide bonds. The first-order valence-corrected chi connectivity index (χ1v) is 10.6. The molecule has 140 valence electrons. The number of sulfonamides is 1. The molecule has 0 saturated carbocycles. The summed E-state index contributed by atoms with van der Waals surface area (Å²) in [6.07, 6.45) is 1.31. The molecule has 1 aromatic heterocycles. The van der Waals surface area contributed by atoms with Gasteiger partial charge in [-0.1, -0.05) is 48.2 Å². The Kier molecular flexibility index (Phi) is 5.79. The molecule has 3 aromatic rings. The molecule has 0 aliphatic carbocycles. The Labute approximate surface area is 162 Å². The number of anilines is 1. The van der Waals surface area contributed by atoms with Crippen molar-refractivity contribution in [3.8, 4) is 0 Å². The maximum atomic E-state index is 12.3. The van der Waals surface area contributed by atoms with Crippen LogP contribution in [0.5, 0.6) is 0 Å². The molecule has 0 atom stereocenters. The molecular formula is C19H19N3O3S2. The first-order chi connectivity index (χ1) is 12.9. The number of nitrogens with zero attached hydrogens (tertiary/aromatic N) is 2. The maximum Gasteiger partial charge on any atom is 0.244 e. The number of carbonyl (C=O) groups excluding carboxylic acids is 1. The summed E-state index contributed by atoms with van der Waals surface area (Å²) in [7, 11) is -0.568. The van der Waals surface area contributed by atoms with E-state index in [0.717, 1.165) is 20.8 Å². The minimum Gasteiger partial charge on any atom is -0.325 e. The van der Waals surface area contributed by atoms with Gasteiger partial charge in [-0.25, -0.2) is 17.7 Å². The van der Waals surface area contributed by atoms with Crippen molar-refractivity contribution in [2.45, 2.75) is 9.92 Å². The van der Waals surface area contributed by atoms with Gasteiger partial charge in [0.15, 0.2) is 0 Å². The van der Waals surface area contributed by atoms with Crippen LogP contribution in [0.4, 0.5) is 5.69 Å². The van der Waals surface area contributed by atoms with Crippen LogP contribution in [-0.2, 0) is 14.8 Å². The second-order valence-electron chi connectivity index (χ2n) is 5.98. The number of thioether (sulfide) groups is 1. The van der Waals surface area contributed by atoms with Crippen molar-refractivity contribution in [2.75, 3.05) is 25.2 Å². The molecule has 27 heavy (non-hydrogen) atoms. The van der Waals surface area contributed by atoms with E-state index in [4.69, 9.17) is 0 Å². The van der Waals surface area contributed by atoms with Crippen LogP contribution in [0.1, 0.15) is 0 Å². The standard InChI is InChI=1S/C19H19N3O3S2/c1-22(2)27(24,25)15-10-11-19(20-12-15)26-13-18(23)21-17-9-5-7-14-6-3-4-8-16(14)17/h3-12H,13H2,1-2H3,(H,21,23). The molecule has 3 rings (SSSR count). The highest BCUT2D eigenvalue weighted by Crippen LogP contribution is 2.24. The van der Waals surface area contributed by atoms with Crippen molar-refractivity contribution < 1.29 is 13.2 Å². The Morgan fingerprint density at radius 2 is 1.81 bits per heavy atom. The van der Waals surface area contributed by atoms with Crippen LogP contribution in [0, 0.1) is 0 Å². The first kappa shape index (κ1) is 19.3. The van der Waals surface area contributed by atoms with Gasteiger partial charge in [0.2, 0.25) is 15.9 Å². The van der Waals surface area contributed by atoms with Crippen molar-refractivity contribution >= 4 is 44.2 Å². The lowest BCUT2D eigenvalue weighted by atomic mass is 10.1. The number of hydrogen-bond acceptors (Lipinski definition) is 5. The molecule has 1 heterocycles. The zero-order chi connectivity index (χ0) is 19.4. The summed E-state index contributed by atoms with van der Waals surface area (Å²) in [4.78, 5) is 16.5. The molecule has 0 fully saturated rings. The number of nitrogens with one attached hydrogen (secondary N) is 1. The smallest absolute Gasteiger partial charge is 0.244 e. The SMILES string of the molecule is CN(C)S(=O)(=O)c1ccc(SCC(=O)Nc2cccc3ccccc23)nc1. The van der Waals surface area contributed by atoms with Crippen LogP contribution in [-0.4, -0.2) is 43.5 Å². The first-order valence-electron chi connectivity index (χ1n) is 8.17. The molecule has 0 aliphatic heterocycles. The van der Waals surface area contributed by atoms with Gasteiger partial charge in [-0.15, -0.1) is 0 Å². The molecule has 0 spiro atoms. The summed E-state index contributed by atoms with van der Waals surface area (Å²) in [6, 6.07) is 16.7. The van der Waals surface area contributed by atoms with Crippen LogP contribution in [0.15, 0.2) is 70.7 Å². The molecule has 0 unspecified atom stereocenters. The van der Waals surface area contributed by atoms with E-state index in [9.17, 15) is 13.2 Å². The number of amides is 1. The van der Waals surface area contributed by atoms with Crippen LogP contribution in [0.2, 0.25) is 0 Å². The van der Waals surface area contributed by atoms with Gasteiger partial charge < -0.3 is 5.32 Å². The minimum atomic E-state index is -3.50. The van der Waals surface area contributed by atoms with E-state index in [2.05, 4.69) is 10.3 Å². The van der Waals surface area contributed by atoms with E-state index in [1.807, 2.05) is 42.5 Å². The Balaban J connectivity index is 1.64. The van der Waals surface area contributed by atoms with Gasteiger partial charge in [0, 0.05) is 31.4 Å². The predicted molar refractivity (Wildman–Crippen MR) is 108 cm³/mol. The predicted octanol–water partition coefficient (Wildman–Crippen LogP) is 3.22. The van der Waals surface area contributed by atoms with Crippen LogP contribution < -0.4 is 5.32 Å². The van der Waals surface area contributed by atoms with E-state index in [0.29, 0.717) is 5.03 Å². The van der Waals surface area contributed by atoms with E-state index >= 15 is 0 Å². The Hall–Kier alpha value is -2.42. The average molecular weight is 402 g/mol. The minimum absolute atomic E-state index is 0.122. The third-order valence-corrected chi connectivity index (χ3v) is 6.65. The second kappa shape index (κ2) is 8.08. The van der Waals surface area contributed by atoms with Gasteiger partial charge in [0.25, 0.3) is 0 Å². The molecule has 0 aliphatic rings. The lowest BCUT2D eigenvalue weighted by Crippen LogP contribution is -2.22. The zero-order valence-corrected chi connectivity index (χ0v) is 16.5. The van der Waals surface area contributed by atoms with Crippen LogP contribution in [0.25, 0.3) is 10.8 Å². The quantitative estimate of drug-likeness (QED) is 0.642. The molecular weight excluding hydrogens is 382 g/mol. The van der Waals surface area contributed by atoms with Gasteiger partial charge in [0.05, 0.1) is 10.8 Å². The van der Waals surface area contributed by atoms with E-state index in [1.54, 1.807) is 6.07 Å². The van der Waals surface area contributed by atoms with E-state index < -0.39 is 10.0 Å². The number of carbonyl (C=O) groups is 1. The summed E-state index contributed by atoms with van der Waals surface area (Å²) in [5.74, 6) is 0.0267. The summed E-state index contributed by atoms with van der Waals surface area (Å²) >= 11 is 1.25. The Morgan fingerprint density at radius 1 is 1.07 bits per heavy atom. The lowest BCUT2D eigenvalue weighted by molar-refractivity contribution is -0.113. The largest absolute Gasteiger partial charge is 0.325 e. The third kappa shape index (κ3) is 4.47. The second-order valence-corrected chi connectivity index (χ2v) is 9.13. The van der Waals surface area contributed by atoms with Crippen LogP contribution >= 0.6 is 11.8 Å². The number of hydrogen-bond donors (Lipinski definition) is 1. The van der Waals surface area contributed by atoms with Crippen molar-refractivity contribution in [3.05, 3.63) is 60.8 Å². The van der Waals surface area contributed by atoms with Crippen molar-refractivity contribution in [2.24, 2.45) is 0 Å². The zero-order valence-electron chi connectivity index (χ0n) is 14.9. The highest BCUT2D eigenvalue weighted by molar-refractivity contribution is 7.99. The molecule has 0 radical (unpaired) electrons. The fraction of sp³-hybridized carbons (Fsp3) is 0.158. The highest BCUT2D eigenvalue weighted by Gasteiger charge is 2.17. The number of benzene rings is 2. The summed E-state index contributed by atoms with van der Waals surface area (Å²) < 4.78 is 25.2. The molecule has 2 aromatic carbocycles. The lowest BCUT2D eigenvalue weighted by Gasteiger charge is -2.11. The van der Waals surface area contributed by atoms with E-state index in [1.165, 1.54) is 38.1 Å². The monoisotopic (exact) mass is 401 g/mol. The van der Waals surface area contributed by atoms with Gasteiger partial charge in [0.1, 0.15) is 4.90 Å². The summed E-state index contributed by atoms with van der Waals surface area (Å²) in [6.45, 7) is 0. The number of fused-ring (bicyclic) bond motifs is 1. The Bertz CT molecular complexity index is 1060. The fourth-order valence-corrected chi connectivity index (χ4v) is 3.97. The van der Waals surface area contributed by atoms with Crippen molar-refractivity contribution in [3.63, 3.8) is 0 Å². The Morgan fingerprint density at radius 3 is 2.52 bits per heavy atom. The number of pyridine rings is 1. The summed E-state index contributed by atoms with van der Waals surface area (Å²) in [5, 5.41) is 5.54. The molecule has 1 N–H and O–H groups in total. The third-order valence-electron chi connectivity index (χ3n) is 3.90. The van der Waals surface area contributed by atoms with Crippen molar-refractivity contribution in [1.29, 1.82) is 0 Å². The molecule has 0 bridgehead atoms. The van der Waals surface area contributed by atoms with Crippen LogP contribution in [0.3, 0.4) is 0 Å². The maximum absolute atomic E-state index is 12.3.